The zero-order chi connectivity index (χ0) is 15.9. The van der Waals surface area contributed by atoms with E-state index in [0.29, 0.717) is 6.07 Å². The van der Waals surface area contributed by atoms with Gasteiger partial charge in [0.25, 0.3) is 0 Å². The van der Waals surface area contributed by atoms with Crippen molar-refractivity contribution in [2.24, 2.45) is 0 Å². The van der Waals surface area contributed by atoms with Gasteiger partial charge in [0.05, 0.1) is 15.1 Å². The molecular formula is C11H4BrClF4N2O2. The molecule has 0 saturated carbocycles. The van der Waals surface area contributed by atoms with Crippen LogP contribution in [0.1, 0.15) is 16.1 Å². The number of aromatic carboxylic acids is 1. The lowest BCUT2D eigenvalue weighted by atomic mass is 10.4. The van der Waals surface area contributed by atoms with Crippen LogP contribution in [0.15, 0.2) is 16.6 Å². The highest BCUT2D eigenvalue weighted by molar-refractivity contribution is 9.10. The number of carbonyl (C=O) groups is 1. The molecule has 1 heterocycles. The van der Waals surface area contributed by atoms with Gasteiger partial charge in [0.15, 0.2) is 5.69 Å². The summed E-state index contributed by atoms with van der Waals surface area (Å²) in [5.41, 5.74) is -2.48. The average molecular weight is 399 g/mol. The number of carboxylic acids is 1. The fraction of sp³-hybridized carbons (Fsp3) is 0.0909. The van der Waals surface area contributed by atoms with Gasteiger partial charge in [0, 0.05) is 5.56 Å². The molecule has 0 bridgehead atoms. The molecule has 1 aromatic heterocycles. The molecule has 0 saturated heterocycles. The summed E-state index contributed by atoms with van der Waals surface area (Å²) in [6, 6.07) is 1.52. The van der Waals surface area contributed by atoms with E-state index in [0.717, 1.165) is 6.07 Å². The topological polar surface area (TPSA) is 66.0 Å². The predicted octanol–water partition coefficient (Wildman–Crippen LogP) is 4.35. The summed E-state index contributed by atoms with van der Waals surface area (Å²) in [5, 5.41) is 13.6. The van der Waals surface area contributed by atoms with Crippen molar-refractivity contribution in [3.05, 3.63) is 38.7 Å². The van der Waals surface area contributed by atoms with E-state index in [-0.39, 0.29) is 5.02 Å². The van der Waals surface area contributed by atoms with Gasteiger partial charge in [0.2, 0.25) is 0 Å². The fourth-order valence-electron chi connectivity index (χ4n) is 1.59. The fourth-order valence-corrected chi connectivity index (χ4v) is 2.44. The Labute approximate surface area is 127 Å². The predicted molar refractivity (Wildman–Crippen MR) is 68.7 cm³/mol. The normalized spacial score (nSPS) is 11.7. The van der Waals surface area contributed by atoms with E-state index >= 15 is 0 Å². The molecule has 2 aromatic rings. The quantitative estimate of drug-likeness (QED) is 0.738. The third kappa shape index (κ3) is 2.88. The number of benzene rings is 1. The zero-order valence-electron chi connectivity index (χ0n) is 9.73. The minimum Gasteiger partial charge on any atom is -0.478 e. The van der Waals surface area contributed by atoms with Gasteiger partial charge in [-0.2, -0.15) is 18.3 Å². The molecule has 0 aliphatic heterocycles. The maximum atomic E-state index is 13.8. The van der Waals surface area contributed by atoms with Crippen LogP contribution in [0.5, 0.6) is 0 Å². The van der Waals surface area contributed by atoms with Crippen LogP contribution in [0.25, 0.3) is 11.3 Å². The zero-order valence-corrected chi connectivity index (χ0v) is 12.1. The van der Waals surface area contributed by atoms with Crippen LogP contribution >= 0.6 is 27.5 Å². The van der Waals surface area contributed by atoms with Crippen LogP contribution in [0.3, 0.4) is 0 Å². The number of aromatic nitrogens is 2. The van der Waals surface area contributed by atoms with Crippen molar-refractivity contribution in [1.82, 2.24) is 10.2 Å². The van der Waals surface area contributed by atoms with Gasteiger partial charge in [-0.05, 0) is 28.1 Å². The van der Waals surface area contributed by atoms with Crippen molar-refractivity contribution in [3.8, 4) is 11.3 Å². The van der Waals surface area contributed by atoms with E-state index in [4.69, 9.17) is 16.7 Å². The third-order valence-electron chi connectivity index (χ3n) is 2.53. The highest BCUT2D eigenvalue weighted by Crippen LogP contribution is 2.39. The van der Waals surface area contributed by atoms with Crippen LogP contribution in [-0.2, 0) is 6.18 Å². The molecule has 0 spiro atoms. The van der Waals surface area contributed by atoms with Crippen molar-refractivity contribution in [3.63, 3.8) is 0 Å². The minimum absolute atomic E-state index is 0.369. The Morgan fingerprint density at radius 1 is 1.43 bits per heavy atom. The van der Waals surface area contributed by atoms with Crippen LogP contribution in [0, 0.1) is 5.82 Å². The summed E-state index contributed by atoms with van der Waals surface area (Å²) in [7, 11) is 0. The molecule has 10 heteroatoms. The summed E-state index contributed by atoms with van der Waals surface area (Å²) in [6.45, 7) is 0. The van der Waals surface area contributed by atoms with E-state index < -0.39 is 45.0 Å². The number of nitrogens with zero attached hydrogens (tertiary/aromatic N) is 1. The number of aromatic amines is 1. The van der Waals surface area contributed by atoms with Crippen molar-refractivity contribution >= 4 is 33.5 Å². The lowest BCUT2D eigenvalue weighted by Crippen LogP contribution is -2.06. The van der Waals surface area contributed by atoms with E-state index in [2.05, 4.69) is 21.0 Å². The molecule has 0 atom stereocenters. The molecular weight excluding hydrogens is 395 g/mol. The first-order valence-electron chi connectivity index (χ1n) is 5.16. The molecule has 0 unspecified atom stereocenters. The van der Waals surface area contributed by atoms with Crippen LogP contribution in [0.2, 0.25) is 5.02 Å². The van der Waals surface area contributed by atoms with E-state index in [9.17, 15) is 22.4 Å². The number of hydrogen-bond acceptors (Lipinski definition) is 2. The van der Waals surface area contributed by atoms with E-state index in [1.54, 1.807) is 5.10 Å². The van der Waals surface area contributed by atoms with Crippen molar-refractivity contribution < 1.29 is 27.5 Å². The summed E-state index contributed by atoms with van der Waals surface area (Å²) in [5.74, 6) is -2.44. The largest absolute Gasteiger partial charge is 0.478 e. The van der Waals surface area contributed by atoms with Gasteiger partial charge in [0.1, 0.15) is 11.5 Å². The Balaban J connectivity index is 2.66. The molecule has 0 radical (unpaired) electrons. The van der Waals surface area contributed by atoms with E-state index in [1.165, 1.54) is 0 Å². The number of carboxylic acid groups (broad SMARTS) is 1. The summed E-state index contributed by atoms with van der Waals surface area (Å²) in [4.78, 5) is 10.9. The van der Waals surface area contributed by atoms with Crippen molar-refractivity contribution in [1.29, 1.82) is 0 Å². The Morgan fingerprint density at radius 2 is 2.05 bits per heavy atom. The standard InChI is InChI=1S/C11H4BrClF4N2O2/c12-7-8(18-19-9(7)11(15,16)17)4-1-3(10(20)21)5(13)2-6(4)14/h1-2H,(H,18,19)(H,20,21)/i1+2,2+2,3+2,4+2,5+2,6+2. The van der Waals surface area contributed by atoms with Gasteiger partial charge in [-0.25, -0.2) is 9.18 Å². The number of rotatable bonds is 2. The number of hydrogen-bond donors (Lipinski definition) is 2. The van der Waals surface area contributed by atoms with Crippen LogP contribution in [0.4, 0.5) is 17.6 Å². The van der Waals surface area contributed by atoms with Crippen molar-refractivity contribution in [2.75, 3.05) is 0 Å². The lowest BCUT2D eigenvalue weighted by molar-refractivity contribution is -0.141. The van der Waals surface area contributed by atoms with Crippen LogP contribution < -0.4 is 0 Å². The van der Waals surface area contributed by atoms with Gasteiger partial charge in [-0.3, -0.25) is 5.10 Å². The summed E-state index contributed by atoms with van der Waals surface area (Å²) >= 11 is 8.24. The monoisotopic (exact) mass is 398 g/mol. The highest BCUT2D eigenvalue weighted by Gasteiger charge is 2.37. The second-order valence-electron chi connectivity index (χ2n) is 3.88. The Bertz CT molecular complexity index is 730. The number of alkyl halides is 3. The number of halogens is 6. The second-order valence-corrected chi connectivity index (χ2v) is 5.08. The van der Waals surface area contributed by atoms with Gasteiger partial charge in [-0.1, -0.05) is 11.6 Å². The SMILES string of the molecule is O=C(O)[14c]1[14cH][14c](-c2n[nH]c(C(F)(F)F)c2Br)[14c](F)[14cH][14c]1Cl. The second kappa shape index (κ2) is 5.30. The molecule has 0 fully saturated rings. The Kier molecular flexibility index (Phi) is 3.98. The smallest absolute Gasteiger partial charge is 0.433 e. The third-order valence-corrected chi connectivity index (χ3v) is 3.62. The number of nitrogens with one attached hydrogen (secondary N) is 1. The molecule has 1 aromatic carbocycles. The number of H-pyrrole nitrogens is 1. The summed E-state index contributed by atoms with van der Waals surface area (Å²) < 4.78 is 51.2. The maximum Gasteiger partial charge on any atom is 0.433 e. The Hall–Kier alpha value is -1.61. The molecule has 112 valence electrons. The first-order chi connectivity index (χ1) is 9.62. The average Bonchev–Trinajstić information content (AvgIpc) is 2.70. The molecule has 2 rings (SSSR count). The van der Waals surface area contributed by atoms with Gasteiger partial charge < -0.3 is 5.11 Å². The first kappa shape index (κ1) is 15.8. The minimum atomic E-state index is -4.72. The van der Waals surface area contributed by atoms with Gasteiger partial charge in [-0.15, -0.1) is 0 Å². The summed E-state index contributed by atoms with van der Waals surface area (Å²) in [6.07, 6.45) is -4.72. The molecule has 2 N–H and O–H groups in total. The highest BCUT2D eigenvalue weighted by atomic mass is 79.9. The maximum absolute atomic E-state index is 13.8. The van der Waals surface area contributed by atoms with Gasteiger partial charge >= 0.3 is 12.1 Å². The Morgan fingerprint density at radius 3 is 2.52 bits per heavy atom. The molecule has 0 aliphatic rings. The molecule has 0 aliphatic carbocycles. The first-order valence-corrected chi connectivity index (χ1v) is 6.33. The van der Waals surface area contributed by atoms with Crippen molar-refractivity contribution in [2.45, 2.75) is 6.18 Å². The lowest BCUT2D eigenvalue weighted by Gasteiger charge is -2.06. The molecule has 4 nitrogen and oxygen atoms in total. The molecule has 0 amide bonds. The van der Waals surface area contributed by atoms with Crippen LogP contribution in [-0.4, -0.2) is 21.3 Å². The van der Waals surface area contributed by atoms with E-state index in [1.807, 2.05) is 0 Å². The molecule has 21 heavy (non-hydrogen) atoms.